The maximum absolute atomic E-state index is 11.9. The molecule has 104 valence electrons. The van der Waals surface area contributed by atoms with Gasteiger partial charge in [0.05, 0.1) is 23.6 Å². The van der Waals surface area contributed by atoms with Gasteiger partial charge < -0.3 is 4.74 Å². The molecule has 0 amide bonds. The summed E-state index contributed by atoms with van der Waals surface area (Å²) in [7, 11) is 0. The third-order valence-electron chi connectivity index (χ3n) is 3.15. The molecule has 0 spiro atoms. The SMILES string of the molecule is CCOC(=O)c1ccc(-c2ccc(C)cc2)nc1CC. The van der Waals surface area contributed by atoms with Crippen LogP contribution in [0.4, 0.5) is 0 Å². The van der Waals surface area contributed by atoms with Crippen molar-refractivity contribution < 1.29 is 9.53 Å². The lowest BCUT2D eigenvalue weighted by Gasteiger charge is -2.09. The first-order valence-corrected chi connectivity index (χ1v) is 6.89. The third kappa shape index (κ3) is 3.05. The van der Waals surface area contributed by atoms with Gasteiger partial charge in [0.15, 0.2) is 0 Å². The molecule has 1 heterocycles. The van der Waals surface area contributed by atoms with E-state index < -0.39 is 0 Å². The summed E-state index contributed by atoms with van der Waals surface area (Å²) in [6.45, 7) is 6.22. The van der Waals surface area contributed by atoms with Gasteiger partial charge in [0.25, 0.3) is 0 Å². The molecule has 1 aromatic heterocycles. The number of esters is 1. The number of hydrogen-bond donors (Lipinski definition) is 0. The van der Waals surface area contributed by atoms with Crippen LogP contribution in [0.15, 0.2) is 36.4 Å². The Hall–Kier alpha value is -2.16. The molecule has 2 aromatic rings. The summed E-state index contributed by atoms with van der Waals surface area (Å²) < 4.78 is 5.05. The lowest BCUT2D eigenvalue weighted by Crippen LogP contribution is -2.09. The van der Waals surface area contributed by atoms with Gasteiger partial charge in [-0.05, 0) is 32.4 Å². The number of nitrogens with zero attached hydrogens (tertiary/aromatic N) is 1. The Balaban J connectivity index is 2.38. The molecule has 0 saturated heterocycles. The van der Waals surface area contributed by atoms with E-state index in [4.69, 9.17) is 4.74 Å². The molecule has 3 nitrogen and oxygen atoms in total. The highest BCUT2D eigenvalue weighted by atomic mass is 16.5. The molecule has 0 bridgehead atoms. The van der Waals surface area contributed by atoms with Gasteiger partial charge in [-0.3, -0.25) is 4.98 Å². The fraction of sp³-hybridized carbons (Fsp3) is 0.294. The van der Waals surface area contributed by atoms with E-state index in [1.54, 1.807) is 13.0 Å². The van der Waals surface area contributed by atoms with Crippen LogP contribution < -0.4 is 0 Å². The van der Waals surface area contributed by atoms with Crippen molar-refractivity contribution in [2.45, 2.75) is 27.2 Å². The first-order valence-electron chi connectivity index (χ1n) is 6.89. The second-order valence-corrected chi connectivity index (χ2v) is 4.63. The Morgan fingerprint density at radius 1 is 1.10 bits per heavy atom. The van der Waals surface area contributed by atoms with Crippen LogP contribution >= 0.6 is 0 Å². The van der Waals surface area contributed by atoms with E-state index in [0.717, 1.165) is 17.0 Å². The van der Waals surface area contributed by atoms with E-state index >= 15 is 0 Å². The number of pyridine rings is 1. The van der Waals surface area contributed by atoms with Gasteiger partial charge in [0, 0.05) is 5.56 Å². The minimum absolute atomic E-state index is 0.299. The number of hydrogen-bond acceptors (Lipinski definition) is 3. The number of carbonyl (C=O) groups excluding carboxylic acids is 1. The molecule has 20 heavy (non-hydrogen) atoms. The Kier molecular flexibility index (Phi) is 4.51. The highest BCUT2D eigenvalue weighted by molar-refractivity contribution is 5.91. The van der Waals surface area contributed by atoms with E-state index in [9.17, 15) is 4.79 Å². The molecule has 2 rings (SSSR count). The number of benzene rings is 1. The topological polar surface area (TPSA) is 39.2 Å². The van der Waals surface area contributed by atoms with E-state index in [-0.39, 0.29) is 5.97 Å². The van der Waals surface area contributed by atoms with E-state index in [2.05, 4.69) is 24.0 Å². The molecule has 0 unspecified atom stereocenters. The summed E-state index contributed by atoms with van der Waals surface area (Å²) in [5.74, 6) is -0.299. The van der Waals surface area contributed by atoms with Crippen molar-refractivity contribution >= 4 is 5.97 Å². The van der Waals surface area contributed by atoms with Gasteiger partial charge in [-0.25, -0.2) is 4.79 Å². The standard InChI is InChI=1S/C17H19NO2/c1-4-15-14(17(19)20-5-2)10-11-16(18-15)13-8-6-12(3)7-9-13/h6-11H,4-5H2,1-3H3. The average molecular weight is 269 g/mol. The summed E-state index contributed by atoms with van der Waals surface area (Å²) in [5, 5.41) is 0. The highest BCUT2D eigenvalue weighted by Gasteiger charge is 2.13. The van der Waals surface area contributed by atoms with Crippen molar-refractivity contribution in [3.05, 3.63) is 53.2 Å². The van der Waals surface area contributed by atoms with Crippen molar-refractivity contribution in [3.63, 3.8) is 0 Å². The molecule has 1 aromatic carbocycles. The highest BCUT2D eigenvalue weighted by Crippen LogP contribution is 2.20. The van der Waals surface area contributed by atoms with Gasteiger partial charge >= 0.3 is 5.97 Å². The zero-order chi connectivity index (χ0) is 14.5. The Morgan fingerprint density at radius 2 is 1.80 bits per heavy atom. The van der Waals surface area contributed by atoms with Crippen molar-refractivity contribution in [1.29, 1.82) is 0 Å². The van der Waals surface area contributed by atoms with Crippen molar-refractivity contribution in [1.82, 2.24) is 4.98 Å². The molecule has 0 fully saturated rings. The summed E-state index contributed by atoms with van der Waals surface area (Å²) in [4.78, 5) is 16.4. The van der Waals surface area contributed by atoms with Gasteiger partial charge in [-0.15, -0.1) is 0 Å². The molecular weight excluding hydrogens is 250 g/mol. The minimum Gasteiger partial charge on any atom is -0.462 e. The number of rotatable bonds is 4. The van der Waals surface area contributed by atoms with Crippen LogP contribution in [-0.2, 0) is 11.2 Å². The van der Waals surface area contributed by atoms with Crippen molar-refractivity contribution in [2.24, 2.45) is 0 Å². The van der Waals surface area contributed by atoms with Gasteiger partial charge in [0.2, 0.25) is 0 Å². The Labute approximate surface area is 119 Å². The smallest absolute Gasteiger partial charge is 0.339 e. The second-order valence-electron chi connectivity index (χ2n) is 4.63. The number of carbonyl (C=O) groups is 1. The largest absolute Gasteiger partial charge is 0.462 e. The van der Waals surface area contributed by atoms with E-state index in [1.165, 1.54) is 5.56 Å². The number of aromatic nitrogens is 1. The molecule has 0 aliphatic rings. The first kappa shape index (κ1) is 14.3. The fourth-order valence-electron chi connectivity index (χ4n) is 2.05. The summed E-state index contributed by atoms with van der Waals surface area (Å²) in [6, 6.07) is 11.9. The molecule has 3 heteroatoms. The van der Waals surface area contributed by atoms with Crippen LogP contribution in [0.3, 0.4) is 0 Å². The Bertz CT molecular complexity index is 603. The van der Waals surface area contributed by atoms with Gasteiger partial charge in [0.1, 0.15) is 0 Å². The van der Waals surface area contributed by atoms with Crippen molar-refractivity contribution in [2.75, 3.05) is 6.61 Å². The summed E-state index contributed by atoms with van der Waals surface area (Å²) in [6.07, 6.45) is 0.702. The van der Waals surface area contributed by atoms with Crippen molar-refractivity contribution in [3.8, 4) is 11.3 Å². The number of aryl methyl sites for hydroxylation is 2. The van der Waals surface area contributed by atoms with Crippen LogP contribution in [0.25, 0.3) is 11.3 Å². The van der Waals surface area contributed by atoms with Crippen LogP contribution in [0.2, 0.25) is 0 Å². The molecule has 0 aliphatic heterocycles. The molecule has 0 aliphatic carbocycles. The summed E-state index contributed by atoms with van der Waals surface area (Å²) in [5.41, 5.74) is 4.50. The fourth-order valence-corrected chi connectivity index (χ4v) is 2.05. The first-order chi connectivity index (χ1) is 9.65. The second kappa shape index (κ2) is 6.33. The monoisotopic (exact) mass is 269 g/mol. The normalized spacial score (nSPS) is 10.3. The summed E-state index contributed by atoms with van der Waals surface area (Å²) >= 11 is 0. The lowest BCUT2D eigenvalue weighted by molar-refractivity contribution is 0.0524. The van der Waals surface area contributed by atoms with Crippen LogP contribution in [0, 0.1) is 6.92 Å². The maximum Gasteiger partial charge on any atom is 0.339 e. The van der Waals surface area contributed by atoms with Gasteiger partial charge in [-0.2, -0.15) is 0 Å². The molecule has 0 saturated carbocycles. The minimum atomic E-state index is -0.299. The maximum atomic E-state index is 11.9. The predicted octanol–water partition coefficient (Wildman–Crippen LogP) is 3.80. The van der Waals surface area contributed by atoms with Gasteiger partial charge in [-0.1, -0.05) is 36.8 Å². The lowest BCUT2D eigenvalue weighted by atomic mass is 10.1. The predicted molar refractivity (Wildman–Crippen MR) is 79.7 cm³/mol. The van der Waals surface area contributed by atoms with Crippen LogP contribution in [-0.4, -0.2) is 17.6 Å². The molecule has 0 atom stereocenters. The molecular formula is C17H19NO2. The molecule has 0 N–H and O–H groups in total. The van der Waals surface area contributed by atoms with Crippen LogP contribution in [0.5, 0.6) is 0 Å². The van der Waals surface area contributed by atoms with E-state index in [0.29, 0.717) is 18.6 Å². The zero-order valence-electron chi connectivity index (χ0n) is 12.1. The number of ether oxygens (including phenoxy) is 1. The molecule has 0 radical (unpaired) electrons. The van der Waals surface area contributed by atoms with E-state index in [1.807, 2.05) is 25.1 Å². The quantitative estimate of drug-likeness (QED) is 0.793. The average Bonchev–Trinajstić information content (AvgIpc) is 2.47. The Morgan fingerprint density at radius 3 is 2.40 bits per heavy atom. The third-order valence-corrected chi connectivity index (χ3v) is 3.15. The van der Waals surface area contributed by atoms with Crippen LogP contribution in [0.1, 0.15) is 35.5 Å². The zero-order valence-corrected chi connectivity index (χ0v) is 12.1.